The Bertz CT molecular complexity index is 170. The van der Waals surface area contributed by atoms with Crippen molar-refractivity contribution < 1.29 is 9.90 Å². The first kappa shape index (κ1) is 10.5. The van der Waals surface area contributed by atoms with Crippen LogP contribution in [0.15, 0.2) is 0 Å². The number of nitrogens with one attached hydrogen (secondary N) is 1. The molecule has 2 N–H and O–H groups in total. The normalized spacial score (nSPS) is 28.5. The van der Waals surface area contributed by atoms with Crippen molar-refractivity contribution in [1.82, 2.24) is 5.32 Å². The fourth-order valence-electron chi connectivity index (χ4n) is 1.79. The molecule has 0 aromatic rings. The Morgan fingerprint density at radius 2 is 2.15 bits per heavy atom. The summed E-state index contributed by atoms with van der Waals surface area (Å²) in [6, 6.07) is 0.00722. The van der Waals surface area contributed by atoms with Gasteiger partial charge in [0.25, 0.3) is 0 Å². The van der Waals surface area contributed by atoms with Crippen molar-refractivity contribution >= 4 is 5.91 Å². The fourth-order valence-corrected chi connectivity index (χ4v) is 1.79. The molecule has 0 saturated heterocycles. The van der Waals surface area contributed by atoms with Crippen molar-refractivity contribution in [3.05, 3.63) is 0 Å². The van der Waals surface area contributed by atoms with Gasteiger partial charge in [0.05, 0.1) is 12.1 Å². The lowest BCUT2D eigenvalue weighted by atomic mass is 9.92. The van der Waals surface area contributed by atoms with Crippen LogP contribution in [0.25, 0.3) is 0 Å². The lowest BCUT2D eigenvalue weighted by Gasteiger charge is -2.28. The molecule has 0 aromatic heterocycles. The van der Waals surface area contributed by atoms with Crippen molar-refractivity contribution in [2.24, 2.45) is 0 Å². The van der Waals surface area contributed by atoms with Gasteiger partial charge in [-0.15, -0.1) is 0 Å². The molecule has 0 heterocycles. The summed E-state index contributed by atoms with van der Waals surface area (Å²) < 4.78 is 0. The molecule has 2 atom stereocenters. The largest absolute Gasteiger partial charge is 0.391 e. The van der Waals surface area contributed by atoms with Gasteiger partial charge in [-0.05, 0) is 19.3 Å². The van der Waals surface area contributed by atoms with E-state index in [4.69, 9.17) is 0 Å². The van der Waals surface area contributed by atoms with E-state index in [0.29, 0.717) is 6.42 Å². The molecule has 0 aromatic carbocycles. The number of amides is 1. The predicted molar refractivity (Wildman–Crippen MR) is 51.3 cm³/mol. The third kappa shape index (κ3) is 3.35. The van der Waals surface area contributed by atoms with Crippen molar-refractivity contribution in [2.45, 2.75) is 57.6 Å². The first-order valence-electron chi connectivity index (χ1n) is 5.21. The number of rotatable bonds is 3. The maximum Gasteiger partial charge on any atom is 0.220 e. The molecule has 1 fully saturated rings. The topological polar surface area (TPSA) is 49.3 Å². The van der Waals surface area contributed by atoms with Crippen molar-refractivity contribution in [3.8, 4) is 0 Å². The number of aliphatic hydroxyl groups is 1. The SMILES string of the molecule is CCCC(=O)N[C@H]1CCCC[C@@H]1O. The van der Waals surface area contributed by atoms with Crippen LogP contribution in [0, 0.1) is 0 Å². The number of hydrogen-bond donors (Lipinski definition) is 2. The van der Waals surface area contributed by atoms with Crippen molar-refractivity contribution in [3.63, 3.8) is 0 Å². The Balaban J connectivity index is 2.29. The number of carbonyl (C=O) groups is 1. The maximum atomic E-state index is 11.2. The highest BCUT2D eigenvalue weighted by Gasteiger charge is 2.23. The van der Waals surface area contributed by atoms with Crippen LogP contribution in [0.1, 0.15) is 45.4 Å². The highest BCUT2D eigenvalue weighted by molar-refractivity contribution is 5.76. The van der Waals surface area contributed by atoms with Crippen LogP contribution in [0.2, 0.25) is 0 Å². The quantitative estimate of drug-likeness (QED) is 0.694. The number of aliphatic hydroxyl groups excluding tert-OH is 1. The van der Waals surface area contributed by atoms with Crippen LogP contribution in [-0.2, 0) is 4.79 Å². The average molecular weight is 185 g/mol. The molecule has 1 rings (SSSR count). The summed E-state index contributed by atoms with van der Waals surface area (Å²) in [5.74, 6) is 0.0773. The predicted octanol–water partition coefficient (Wildman–Crippen LogP) is 1.21. The van der Waals surface area contributed by atoms with Gasteiger partial charge in [-0.3, -0.25) is 4.79 Å². The Kier molecular flexibility index (Phi) is 4.22. The molecule has 13 heavy (non-hydrogen) atoms. The van der Waals surface area contributed by atoms with Gasteiger partial charge in [-0.25, -0.2) is 0 Å². The molecule has 3 heteroatoms. The zero-order chi connectivity index (χ0) is 9.68. The molecule has 1 saturated carbocycles. The van der Waals surface area contributed by atoms with Gasteiger partial charge in [0.1, 0.15) is 0 Å². The zero-order valence-corrected chi connectivity index (χ0v) is 8.25. The Morgan fingerprint density at radius 1 is 1.46 bits per heavy atom. The van der Waals surface area contributed by atoms with E-state index in [0.717, 1.165) is 32.1 Å². The highest BCUT2D eigenvalue weighted by Crippen LogP contribution is 2.18. The van der Waals surface area contributed by atoms with Crippen molar-refractivity contribution in [1.29, 1.82) is 0 Å². The molecule has 0 spiro atoms. The van der Waals surface area contributed by atoms with E-state index in [-0.39, 0.29) is 18.1 Å². The fraction of sp³-hybridized carbons (Fsp3) is 0.900. The van der Waals surface area contributed by atoms with Crippen LogP contribution in [0.4, 0.5) is 0 Å². The number of carbonyl (C=O) groups excluding carboxylic acids is 1. The monoisotopic (exact) mass is 185 g/mol. The second kappa shape index (κ2) is 5.22. The van der Waals surface area contributed by atoms with E-state index in [1.807, 2.05) is 6.92 Å². The lowest BCUT2D eigenvalue weighted by molar-refractivity contribution is -0.123. The Hall–Kier alpha value is -0.570. The van der Waals surface area contributed by atoms with Crippen LogP contribution in [0.5, 0.6) is 0 Å². The van der Waals surface area contributed by atoms with Gasteiger partial charge < -0.3 is 10.4 Å². The smallest absolute Gasteiger partial charge is 0.220 e. The molecule has 3 nitrogen and oxygen atoms in total. The molecule has 1 aliphatic carbocycles. The summed E-state index contributed by atoms with van der Waals surface area (Å²) in [5, 5.41) is 12.5. The summed E-state index contributed by atoms with van der Waals surface area (Å²) >= 11 is 0. The van der Waals surface area contributed by atoms with Crippen LogP contribution < -0.4 is 5.32 Å². The van der Waals surface area contributed by atoms with Crippen molar-refractivity contribution in [2.75, 3.05) is 0 Å². The van der Waals surface area contributed by atoms with Gasteiger partial charge in [0, 0.05) is 6.42 Å². The zero-order valence-electron chi connectivity index (χ0n) is 8.25. The molecule has 0 bridgehead atoms. The molecular formula is C10H19NO2. The first-order valence-corrected chi connectivity index (χ1v) is 5.21. The van der Waals surface area contributed by atoms with Gasteiger partial charge in [0.2, 0.25) is 5.91 Å². The maximum absolute atomic E-state index is 11.2. The summed E-state index contributed by atoms with van der Waals surface area (Å²) in [5.41, 5.74) is 0. The Labute approximate surface area is 79.5 Å². The van der Waals surface area contributed by atoms with Crippen LogP contribution >= 0.6 is 0 Å². The van der Waals surface area contributed by atoms with Crippen LogP contribution in [-0.4, -0.2) is 23.2 Å². The van der Waals surface area contributed by atoms with Crippen LogP contribution in [0.3, 0.4) is 0 Å². The first-order chi connectivity index (χ1) is 6.24. The standard InChI is InChI=1S/C10H19NO2/c1-2-5-10(13)11-8-6-3-4-7-9(8)12/h8-9,12H,2-7H2,1H3,(H,11,13)/t8-,9-/m0/s1. The molecule has 0 aliphatic heterocycles. The molecule has 0 unspecified atom stereocenters. The molecular weight excluding hydrogens is 166 g/mol. The van der Waals surface area contributed by atoms with E-state index >= 15 is 0 Å². The minimum atomic E-state index is -0.324. The molecule has 1 aliphatic rings. The molecule has 0 radical (unpaired) electrons. The molecule has 76 valence electrons. The summed E-state index contributed by atoms with van der Waals surface area (Å²) in [7, 11) is 0. The minimum absolute atomic E-state index is 0.00722. The van der Waals surface area contributed by atoms with E-state index in [9.17, 15) is 9.90 Å². The molecule has 1 amide bonds. The van der Waals surface area contributed by atoms with Gasteiger partial charge in [-0.2, -0.15) is 0 Å². The third-order valence-corrected chi connectivity index (χ3v) is 2.55. The van der Waals surface area contributed by atoms with E-state index in [1.54, 1.807) is 0 Å². The van der Waals surface area contributed by atoms with Gasteiger partial charge in [0.15, 0.2) is 0 Å². The lowest BCUT2D eigenvalue weighted by Crippen LogP contribution is -2.44. The highest BCUT2D eigenvalue weighted by atomic mass is 16.3. The second-order valence-electron chi connectivity index (χ2n) is 3.78. The van der Waals surface area contributed by atoms with Gasteiger partial charge >= 0.3 is 0 Å². The number of hydrogen-bond acceptors (Lipinski definition) is 2. The van der Waals surface area contributed by atoms with E-state index < -0.39 is 0 Å². The van der Waals surface area contributed by atoms with E-state index in [2.05, 4.69) is 5.32 Å². The van der Waals surface area contributed by atoms with Gasteiger partial charge in [-0.1, -0.05) is 19.8 Å². The minimum Gasteiger partial charge on any atom is -0.391 e. The van der Waals surface area contributed by atoms with E-state index in [1.165, 1.54) is 0 Å². The summed E-state index contributed by atoms with van der Waals surface area (Å²) in [6.45, 7) is 1.98. The summed E-state index contributed by atoms with van der Waals surface area (Å²) in [4.78, 5) is 11.2. The summed E-state index contributed by atoms with van der Waals surface area (Å²) in [6.07, 6.45) is 5.08. The Morgan fingerprint density at radius 3 is 2.77 bits per heavy atom. The third-order valence-electron chi connectivity index (χ3n) is 2.55. The second-order valence-corrected chi connectivity index (χ2v) is 3.78. The average Bonchev–Trinajstić information content (AvgIpc) is 2.09.